The summed E-state index contributed by atoms with van der Waals surface area (Å²) in [6.45, 7) is 3.97. The minimum absolute atomic E-state index is 0.160. The minimum Gasteiger partial charge on any atom is -0.378 e. The molecule has 0 aliphatic carbocycles. The van der Waals surface area contributed by atoms with Crippen molar-refractivity contribution in [3.8, 4) is 0 Å². The van der Waals surface area contributed by atoms with Crippen molar-refractivity contribution in [2.75, 3.05) is 57.1 Å². The Labute approximate surface area is 226 Å². The van der Waals surface area contributed by atoms with E-state index in [1.807, 2.05) is 55.4 Å². The number of piperazine rings is 1. The highest BCUT2D eigenvalue weighted by Gasteiger charge is 2.35. The van der Waals surface area contributed by atoms with Gasteiger partial charge in [-0.1, -0.05) is 24.3 Å². The first-order chi connectivity index (χ1) is 18.6. The number of amides is 1. The van der Waals surface area contributed by atoms with Crippen molar-refractivity contribution in [1.29, 1.82) is 0 Å². The van der Waals surface area contributed by atoms with Crippen molar-refractivity contribution >= 4 is 23.0 Å². The zero-order valence-corrected chi connectivity index (χ0v) is 22.3. The van der Waals surface area contributed by atoms with Crippen LogP contribution in [-0.4, -0.2) is 68.8 Å². The number of hydrogen-bond donors (Lipinski definition) is 0. The summed E-state index contributed by atoms with van der Waals surface area (Å²) in [5.74, 6) is -0.436. The summed E-state index contributed by atoms with van der Waals surface area (Å²) >= 11 is 0. The molecule has 2 aliphatic rings. The highest BCUT2D eigenvalue weighted by Crippen LogP contribution is 2.36. The molecule has 5 rings (SSSR count). The van der Waals surface area contributed by atoms with E-state index in [-0.39, 0.29) is 11.6 Å². The summed E-state index contributed by atoms with van der Waals surface area (Å²) < 4.78 is 39.2. The minimum atomic E-state index is -4.46. The SMILES string of the molecule is CN1CCN(c2ccc(C3=NN(C(=O)c4ccc(C(F)(F)F)cc4)C(c4ccc(N(C)C)cc4)C3)cc2)CC1. The molecule has 0 spiro atoms. The molecule has 6 nitrogen and oxygen atoms in total. The molecule has 0 bridgehead atoms. The van der Waals surface area contributed by atoms with E-state index in [4.69, 9.17) is 5.10 Å². The van der Waals surface area contributed by atoms with Crippen LogP contribution in [0.25, 0.3) is 0 Å². The lowest BCUT2D eigenvalue weighted by Gasteiger charge is -2.34. The molecule has 1 atom stereocenters. The molecular formula is C30H32F3N5O. The van der Waals surface area contributed by atoms with Gasteiger partial charge in [-0.2, -0.15) is 18.3 Å². The van der Waals surface area contributed by atoms with E-state index in [1.165, 1.54) is 17.1 Å². The lowest BCUT2D eigenvalue weighted by atomic mass is 9.97. The van der Waals surface area contributed by atoms with Gasteiger partial charge in [0.15, 0.2) is 0 Å². The molecule has 0 saturated carbocycles. The van der Waals surface area contributed by atoms with E-state index in [9.17, 15) is 18.0 Å². The van der Waals surface area contributed by atoms with Gasteiger partial charge in [-0.25, -0.2) is 5.01 Å². The van der Waals surface area contributed by atoms with Gasteiger partial charge in [0, 0.05) is 63.6 Å². The summed E-state index contributed by atoms with van der Waals surface area (Å²) in [5, 5.41) is 6.13. The zero-order valence-electron chi connectivity index (χ0n) is 22.3. The number of nitrogens with zero attached hydrogens (tertiary/aromatic N) is 5. The van der Waals surface area contributed by atoms with Gasteiger partial charge < -0.3 is 14.7 Å². The van der Waals surface area contributed by atoms with Gasteiger partial charge in [-0.3, -0.25) is 4.79 Å². The summed E-state index contributed by atoms with van der Waals surface area (Å²) in [5.41, 5.74) is 4.15. The fraction of sp³-hybridized carbons (Fsp3) is 0.333. The first-order valence-corrected chi connectivity index (χ1v) is 13.0. The summed E-state index contributed by atoms with van der Waals surface area (Å²) in [4.78, 5) is 20.2. The lowest BCUT2D eigenvalue weighted by Crippen LogP contribution is -2.44. The topological polar surface area (TPSA) is 42.4 Å². The van der Waals surface area contributed by atoms with Crippen molar-refractivity contribution in [2.45, 2.75) is 18.6 Å². The molecule has 39 heavy (non-hydrogen) atoms. The molecular weight excluding hydrogens is 503 g/mol. The molecule has 1 amide bonds. The van der Waals surface area contributed by atoms with Gasteiger partial charge in [-0.15, -0.1) is 0 Å². The van der Waals surface area contributed by atoms with Gasteiger partial charge in [0.1, 0.15) is 0 Å². The van der Waals surface area contributed by atoms with Crippen LogP contribution in [0.1, 0.15) is 39.5 Å². The fourth-order valence-electron chi connectivity index (χ4n) is 4.99. The molecule has 1 unspecified atom stereocenters. The van der Waals surface area contributed by atoms with Crippen molar-refractivity contribution in [1.82, 2.24) is 9.91 Å². The standard InChI is InChI=1S/C30H32F3N5O/c1-35(2)25-12-8-22(9-13-25)28-20-27(21-6-14-26(15-7-21)37-18-16-36(3)17-19-37)34-38(28)29(39)23-4-10-24(11-5-23)30(31,32)33/h4-15,28H,16-20H2,1-3H3. The number of carbonyl (C=O) groups excluding carboxylic acids is 1. The molecule has 3 aromatic carbocycles. The van der Waals surface area contributed by atoms with E-state index in [2.05, 4.69) is 29.0 Å². The van der Waals surface area contributed by atoms with Crippen LogP contribution in [-0.2, 0) is 6.18 Å². The van der Waals surface area contributed by atoms with E-state index >= 15 is 0 Å². The highest BCUT2D eigenvalue weighted by molar-refractivity contribution is 6.05. The summed E-state index contributed by atoms with van der Waals surface area (Å²) in [6, 6.07) is 20.1. The number of halogens is 3. The number of hydrazone groups is 1. The Hall–Kier alpha value is -3.85. The monoisotopic (exact) mass is 535 g/mol. The van der Waals surface area contributed by atoms with Crippen LogP contribution in [0.3, 0.4) is 0 Å². The number of hydrogen-bond acceptors (Lipinski definition) is 5. The Morgan fingerprint density at radius 3 is 2.05 bits per heavy atom. The maximum Gasteiger partial charge on any atom is 0.416 e. The van der Waals surface area contributed by atoms with Gasteiger partial charge >= 0.3 is 6.18 Å². The van der Waals surface area contributed by atoms with Crippen molar-refractivity contribution < 1.29 is 18.0 Å². The number of carbonyl (C=O) groups is 1. The number of likely N-dealkylation sites (N-methyl/N-ethyl adjacent to an activating group) is 1. The molecule has 0 aromatic heterocycles. The maximum absolute atomic E-state index is 13.5. The lowest BCUT2D eigenvalue weighted by molar-refractivity contribution is -0.137. The highest BCUT2D eigenvalue weighted by atomic mass is 19.4. The van der Waals surface area contributed by atoms with Crippen molar-refractivity contribution in [2.24, 2.45) is 5.10 Å². The zero-order chi connectivity index (χ0) is 27.7. The van der Waals surface area contributed by atoms with Crippen LogP contribution in [0.5, 0.6) is 0 Å². The van der Waals surface area contributed by atoms with Crippen molar-refractivity contribution in [3.05, 3.63) is 95.1 Å². The van der Waals surface area contributed by atoms with Gasteiger partial charge in [0.05, 0.1) is 17.3 Å². The predicted octanol–water partition coefficient (Wildman–Crippen LogP) is 5.51. The molecule has 9 heteroatoms. The number of anilines is 2. The smallest absolute Gasteiger partial charge is 0.378 e. The van der Waals surface area contributed by atoms with E-state index < -0.39 is 17.6 Å². The summed E-state index contributed by atoms with van der Waals surface area (Å²) in [7, 11) is 6.04. The third-order valence-electron chi connectivity index (χ3n) is 7.44. The van der Waals surface area contributed by atoms with Crippen molar-refractivity contribution in [3.63, 3.8) is 0 Å². The Kier molecular flexibility index (Phi) is 7.36. The third-order valence-corrected chi connectivity index (χ3v) is 7.44. The van der Waals surface area contributed by atoms with E-state index in [1.54, 1.807) is 0 Å². The molecule has 0 radical (unpaired) electrons. The first-order valence-electron chi connectivity index (χ1n) is 13.0. The first kappa shape index (κ1) is 26.7. The average molecular weight is 536 g/mol. The average Bonchev–Trinajstić information content (AvgIpc) is 3.38. The fourth-order valence-corrected chi connectivity index (χ4v) is 4.99. The van der Waals surface area contributed by atoms with E-state index in [0.29, 0.717) is 6.42 Å². The maximum atomic E-state index is 13.5. The molecule has 204 valence electrons. The summed E-state index contributed by atoms with van der Waals surface area (Å²) in [6.07, 6.45) is -3.96. The Morgan fingerprint density at radius 2 is 1.49 bits per heavy atom. The second kappa shape index (κ2) is 10.7. The van der Waals surface area contributed by atoms with Crippen LogP contribution in [0.15, 0.2) is 77.9 Å². The van der Waals surface area contributed by atoms with Crippen LogP contribution < -0.4 is 9.80 Å². The number of alkyl halides is 3. The Bertz CT molecular complexity index is 1330. The molecule has 0 N–H and O–H groups in total. The number of benzene rings is 3. The second-order valence-corrected chi connectivity index (χ2v) is 10.3. The molecule has 1 saturated heterocycles. The van der Waals surface area contributed by atoms with Crippen LogP contribution in [0.2, 0.25) is 0 Å². The van der Waals surface area contributed by atoms with Crippen LogP contribution in [0.4, 0.5) is 24.5 Å². The van der Waals surface area contributed by atoms with Crippen LogP contribution >= 0.6 is 0 Å². The Morgan fingerprint density at radius 1 is 0.872 bits per heavy atom. The predicted molar refractivity (Wildman–Crippen MR) is 148 cm³/mol. The van der Waals surface area contributed by atoms with E-state index in [0.717, 1.165) is 66.5 Å². The normalized spacial score (nSPS) is 18.3. The molecule has 2 aliphatic heterocycles. The van der Waals surface area contributed by atoms with Gasteiger partial charge in [0.25, 0.3) is 5.91 Å². The van der Waals surface area contributed by atoms with Crippen LogP contribution in [0, 0.1) is 0 Å². The third kappa shape index (κ3) is 5.78. The Balaban J connectivity index is 1.43. The molecule has 2 heterocycles. The quantitative estimate of drug-likeness (QED) is 0.432. The van der Waals surface area contributed by atoms with Gasteiger partial charge in [0.2, 0.25) is 0 Å². The largest absolute Gasteiger partial charge is 0.416 e. The number of rotatable bonds is 5. The second-order valence-electron chi connectivity index (χ2n) is 10.3. The molecule has 3 aromatic rings. The van der Waals surface area contributed by atoms with Gasteiger partial charge in [-0.05, 0) is 66.7 Å². The molecule has 1 fully saturated rings.